The summed E-state index contributed by atoms with van der Waals surface area (Å²) in [7, 11) is 1.63. The van der Waals surface area contributed by atoms with E-state index in [2.05, 4.69) is 4.98 Å². The number of alkyl halides is 1. The summed E-state index contributed by atoms with van der Waals surface area (Å²) in [5, 5.41) is 0. The molecular weight excluding hydrogens is 293 g/mol. The fourth-order valence-corrected chi connectivity index (χ4v) is 2.36. The summed E-state index contributed by atoms with van der Waals surface area (Å²) in [5.41, 5.74) is 3.31. The topological polar surface area (TPSA) is 31.4 Å². The maximum absolute atomic E-state index is 13.2. The molecule has 0 unspecified atom stereocenters. The number of aromatic nitrogens is 1. The fourth-order valence-electron chi connectivity index (χ4n) is 2.16. The molecule has 5 heteroatoms. The van der Waals surface area contributed by atoms with Crippen molar-refractivity contribution in [3.05, 3.63) is 52.6 Å². The number of hydrogen-bond acceptors (Lipinski definition) is 3. The zero-order valence-electron chi connectivity index (χ0n) is 12.2. The van der Waals surface area contributed by atoms with Crippen molar-refractivity contribution in [1.82, 2.24) is 4.98 Å². The molecule has 0 amide bonds. The predicted octanol–water partition coefficient (Wildman–Crippen LogP) is 4.16. The Morgan fingerprint density at radius 1 is 1.29 bits per heavy atom. The van der Waals surface area contributed by atoms with Crippen LogP contribution in [0, 0.1) is 19.7 Å². The molecule has 0 aliphatic carbocycles. The average Bonchev–Trinajstić information content (AvgIpc) is 2.48. The van der Waals surface area contributed by atoms with E-state index in [1.165, 1.54) is 12.1 Å². The minimum Gasteiger partial charge on any atom is -0.496 e. The molecule has 0 radical (unpaired) electrons. The Labute approximate surface area is 128 Å². The molecule has 0 bridgehead atoms. The van der Waals surface area contributed by atoms with E-state index in [1.807, 2.05) is 13.8 Å². The quantitative estimate of drug-likeness (QED) is 0.777. The third-order valence-electron chi connectivity index (χ3n) is 3.28. The Morgan fingerprint density at radius 2 is 2.05 bits per heavy atom. The van der Waals surface area contributed by atoms with Crippen LogP contribution in [0.25, 0.3) is 0 Å². The van der Waals surface area contributed by atoms with Gasteiger partial charge in [0.1, 0.15) is 23.9 Å². The SMILES string of the molecule is COc1c(C)cnc(COc2ccc(F)cc2CCl)c1C. The van der Waals surface area contributed by atoms with Crippen molar-refractivity contribution >= 4 is 11.6 Å². The summed E-state index contributed by atoms with van der Waals surface area (Å²) in [6, 6.07) is 4.30. The highest BCUT2D eigenvalue weighted by Gasteiger charge is 2.11. The Hall–Kier alpha value is -1.81. The van der Waals surface area contributed by atoms with Gasteiger partial charge >= 0.3 is 0 Å². The number of rotatable bonds is 5. The second-order valence-electron chi connectivity index (χ2n) is 4.72. The predicted molar refractivity (Wildman–Crippen MR) is 80.6 cm³/mol. The van der Waals surface area contributed by atoms with Gasteiger partial charge < -0.3 is 9.47 Å². The van der Waals surface area contributed by atoms with E-state index in [0.717, 1.165) is 22.6 Å². The number of methoxy groups -OCH3 is 1. The number of benzene rings is 1. The smallest absolute Gasteiger partial charge is 0.131 e. The molecule has 0 spiro atoms. The van der Waals surface area contributed by atoms with E-state index < -0.39 is 0 Å². The molecule has 2 rings (SSSR count). The van der Waals surface area contributed by atoms with E-state index in [9.17, 15) is 4.39 Å². The van der Waals surface area contributed by atoms with Gasteiger partial charge in [0.15, 0.2) is 0 Å². The van der Waals surface area contributed by atoms with Crippen LogP contribution in [0.3, 0.4) is 0 Å². The standard InChI is InChI=1S/C16H17ClFNO2/c1-10-8-19-14(11(2)16(10)20-3)9-21-15-5-4-13(18)6-12(15)7-17/h4-6,8H,7,9H2,1-3H3. The fraction of sp³-hybridized carbons (Fsp3) is 0.312. The molecule has 0 fully saturated rings. The molecule has 0 saturated heterocycles. The average molecular weight is 310 g/mol. The summed E-state index contributed by atoms with van der Waals surface area (Å²) in [5.74, 6) is 1.23. The van der Waals surface area contributed by atoms with Crippen LogP contribution in [0.15, 0.2) is 24.4 Å². The van der Waals surface area contributed by atoms with Crippen LogP contribution in [0.2, 0.25) is 0 Å². The van der Waals surface area contributed by atoms with Crippen molar-refractivity contribution in [2.75, 3.05) is 7.11 Å². The van der Waals surface area contributed by atoms with Gasteiger partial charge in [0.2, 0.25) is 0 Å². The largest absolute Gasteiger partial charge is 0.496 e. The van der Waals surface area contributed by atoms with Crippen LogP contribution >= 0.6 is 11.6 Å². The van der Waals surface area contributed by atoms with Gasteiger partial charge in [-0.25, -0.2) is 4.39 Å². The highest BCUT2D eigenvalue weighted by atomic mass is 35.5. The number of nitrogens with zero attached hydrogens (tertiary/aromatic N) is 1. The molecule has 2 aromatic rings. The second kappa shape index (κ2) is 6.76. The minimum absolute atomic E-state index is 0.191. The molecule has 0 aliphatic heterocycles. The first-order chi connectivity index (χ1) is 10.1. The summed E-state index contributed by atoms with van der Waals surface area (Å²) in [4.78, 5) is 4.36. The van der Waals surface area contributed by atoms with Crippen molar-refractivity contribution in [1.29, 1.82) is 0 Å². The van der Waals surface area contributed by atoms with Gasteiger partial charge in [0, 0.05) is 22.9 Å². The number of hydrogen-bond donors (Lipinski definition) is 0. The van der Waals surface area contributed by atoms with Crippen LogP contribution < -0.4 is 9.47 Å². The summed E-state index contributed by atoms with van der Waals surface area (Å²) in [6.45, 7) is 4.15. The Balaban J connectivity index is 2.21. The third kappa shape index (κ3) is 3.45. The van der Waals surface area contributed by atoms with Gasteiger partial charge in [-0.3, -0.25) is 4.98 Å². The first kappa shape index (κ1) is 15.6. The number of halogens is 2. The first-order valence-electron chi connectivity index (χ1n) is 6.53. The molecule has 3 nitrogen and oxygen atoms in total. The molecule has 21 heavy (non-hydrogen) atoms. The van der Waals surface area contributed by atoms with E-state index in [-0.39, 0.29) is 18.3 Å². The van der Waals surface area contributed by atoms with E-state index in [4.69, 9.17) is 21.1 Å². The zero-order valence-corrected chi connectivity index (χ0v) is 13.0. The van der Waals surface area contributed by atoms with Gasteiger partial charge in [-0.05, 0) is 32.0 Å². The van der Waals surface area contributed by atoms with Crippen molar-refractivity contribution < 1.29 is 13.9 Å². The van der Waals surface area contributed by atoms with Crippen LogP contribution in [0.5, 0.6) is 11.5 Å². The highest BCUT2D eigenvalue weighted by Crippen LogP contribution is 2.26. The normalized spacial score (nSPS) is 10.5. The lowest BCUT2D eigenvalue weighted by Gasteiger charge is -2.14. The molecule has 1 heterocycles. The zero-order chi connectivity index (χ0) is 15.4. The minimum atomic E-state index is -0.329. The lowest BCUT2D eigenvalue weighted by Crippen LogP contribution is -2.05. The lowest BCUT2D eigenvalue weighted by atomic mass is 10.1. The van der Waals surface area contributed by atoms with Crippen molar-refractivity contribution in [2.24, 2.45) is 0 Å². The molecule has 1 aromatic heterocycles. The van der Waals surface area contributed by atoms with Gasteiger partial charge in [0.25, 0.3) is 0 Å². The van der Waals surface area contributed by atoms with Gasteiger partial charge in [-0.1, -0.05) is 0 Å². The summed E-state index contributed by atoms with van der Waals surface area (Å²) < 4.78 is 24.2. The molecule has 1 aromatic carbocycles. The van der Waals surface area contributed by atoms with Crippen LogP contribution in [0.1, 0.15) is 22.4 Å². The number of pyridine rings is 1. The van der Waals surface area contributed by atoms with Gasteiger partial charge in [-0.15, -0.1) is 11.6 Å². The lowest BCUT2D eigenvalue weighted by molar-refractivity contribution is 0.296. The number of aryl methyl sites for hydroxylation is 1. The number of ether oxygens (including phenoxy) is 2. The Bertz CT molecular complexity index is 646. The maximum Gasteiger partial charge on any atom is 0.131 e. The first-order valence-corrected chi connectivity index (χ1v) is 7.06. The van der Waals surface area contributed by atoms with E-state index in [0.29, 0.717) is 11.3 Å². The molecule has 0 aliphatic rings. The van der Waals surface area contributed by atoms with E-state index in [1.54, 1.807) is 19.4 Å². The maximum atomic E-state index is 13.2. The molecule has 112 valence electrons. The van der Waals surface area contributed by atoms with Crippen LogP contribution in [-0.2, 0) is 12.5 Å². The van der Waals surface area contributed by atoms with Crippen LogP contribution in [-0.4, -0.2) is 12.1 Å². The molecule has 0 saturated carbocycles. The molecule has 0 N–H and O–H groups in total. The molecule has 0 atom stereocenters. The monoisotopic (exact) mass is 309 g/mol. The molecular formula is C16H17ClFNO2. The Morgan fingerprint density at radius 3 is 2.71 bits per heavy atom. The highest BCUT2D eigenvalue weighted by molar-refractivity contribution is 6.17. The van der Waals surface area contributed by atoms with E-state index >= 15 is 0 Å². The third-order valence-corrected chi connectivity index (χ3v) is 3.57. The van der Waals surface area contributed by atoms with Gasteiger partial charge in [0.05, 0.1) is 18.7 Å². The summed E-state index contributed by atoms with van der Waals surface area (Å²) >= 11 is 5.80. The van der Waals surface area contributed by atoms with Crippen molar-refractivity contribution in [2.45, 2.75) is 26.3 Å². The van der Waals surface area contributed by atoms with Crippen LogP contribution in [0.4, 0.5) is 4.39 Å². The van der Waals surface area contributed by atoms with Crippen molar-refractivity contribution in [3.63, 3.8) is 0 Å². The van der Waals surface area contributed by atoms with Crippen molar-refractivity contribution in [3.8, 4) is 11.5 Å². The Kier molecular flexibility index (Phi) is 5.02. The second-order valence-corrected chi connectivity index (χ2v) is 4.99. The summed E-state index contributed by atoms with van der Waals surface area (Å²) in [6.07, 6.45) is 1.75. The van der Waals surface area contributed by atoms with Gasteiger partial charge in [-0.2, -0.15) is 0 Å².